The fourth-order valence-corrected chi connectivity index (χ4v) is 2.45. The number of aryl methyl sites for hydroxylation is 1. The van der Waals surface area contributed by atoms with E-state index in [1.54, 1.807) is 7.11 Å². The van der Waals surface area contributed by atoms with E-state index in [0.29, 0.717) is 12.0 Å². The van der Waals surface area contributed by atoms with Gasteiger partial charge >= 0.3 is 0 Å². The van der Waals surface area contributed by atoms with E-state index in [1.165, 1.54) is 17.5 Å². The highest BCUT2D eigenvalue weighted by Gasteiger charge is 2.28. The van der Waals surface area contributed by atoms with E-state index in [1.807, 2.05) is 0 Å². The zero-order valence-electron chi connectivity index (χ0n) is 9.49. The van der Waals surface area contributed by atoms with E-state index in [2.05, 4.69) is 36.5 Å². The molecule has 0 aromatic heterocycles. The van der Waals surface area contributed by atoms with Crippen molar-refractivity contribution < 1.29 is 4.74 Å². The van der Waals surface area contributed by atoms with Crippen molar-refractivity contribution in [3.63, 3.8) is 0 Å². The van der Waals surface area contributed by atoms with Crippen molar-refractivity contribution in [2.24, 2.45) is 5.92 Å². The number of benzene rings is 1. The largest absolute Gasteiger partial charge is 0.384 e. The summed E-state index contributed by atoms with van der Waals surface area (Å²) in [4.78, 5) is 0. The van der Waals surface area contributed by atoms with Gasteiger partial charge in [-0.05, 0) is 31.0 Å². The molecule has 2 atom stereocenters. The predicted molar refractivity (Wildman–Crippen MR) is 61.9 cm³/mol. The average molecular weight is 205 g/mol. The van der Waals surface area contributed by atoms with E-state index in [-0.39, 0.29) is 0 Å². The molecular formula is C13H19NO. The summed E-state index contributed by atoms with van der Waals surface area (Å²) in [5.74, 6) is 0.621. The van der Waals surface area contributed by atoms with Crippen LogP contribution in [0.4, 0.5) is 0 Å². The number of rotatable bonds is 3. The lowest BCUT2D eigenvalue weighted by Gasteiger charge is -2.21. The van der Waals surface area contributed by atoms with Crippen molar-refractivity contribution in [2.45, 2.75) is 19.4 Å². The van der Waals surface area contributed by atoms with Gasteiger partial charge in [0.1, 0.15) is 0 Å². The summed E-state index contributed by atoms with van der Waals surface area (Å²) in [7, 11) is 1.78. The molecule has 15 heavy (non-hydrogen) atoms. The zero-order chi connectivity index (χ0) is 10.7. The van der Waals surface area contributed by atoms with E-state index >= 15 is 0 Å². The summed E-state index contributed by atoms with van der Waals surface area (Å²) in [6.07, 6.45) is 1.22. The maximum absolute atomic E-state index is 5.28. The lowest BCUT2D eigenvalue weighted by Crippen LogP contribution is -2.21. The first kappa shape index (κ1) is 10.7. The third-order valence-corrected chi connectivity index (χ3v) is 3.26. The highest BCUT2D eigenvalue weighted by atomic mass is 16.5. The molecule has 1 aliphatic heterocycles. The average Bonchev–Trinajstić information content (AvgIpc) is 2.67. The van der Waals surface area contributed by atoms with Crippen molar-refractivity contribution in [3.05, 3.63) is 35.4 Å². The van der Waals surface area contributed by atoms with Crippen LogP contribution in [0, 0.1) is 12.8 Å². The number of hydrogen-bond acceptors (Lipinski definition) is 2. The fraction of sp³-hybridized carbons (Fsp3) is 0.538. The third kappa shape index (κ3) is 2.21. The summed E-state index contributed by atoms with van der Waals surface area (Å²) in [6, 6.07) is 9.09. The van der Waals surface area contributed by atoms with Crippen LogP contribution < -0.4 is 5.32 Å². The Morgan fingerprint density at radius 3 is 2.93 bits per heavy atom. The molecule has 2 unspecified atom stereocenters. The Kier molecular flexibility index (Phi) is 3.39. The topological polar surface area (TPSA) is 21.3 Å². The third-order valence-electron chi connectivity index (χ3n) is 3.26. The molecule has 0 saturated carbocycles. The van der Waals surface area contributed by atoms with Gasteiger partial charge in [0.2, 0.25) is 0 Å². The summed E-state index contributed by atoms with van der Waals surface area (Å²) < 4.78 is 5.28. The quantitative estimate of drug-likeness (QED) is 0.817. The van der Waals surface area contributed by atoms with Crippen LogP contribution in [0.1, 0.15) is 23.6 Å². The zero-order valence-corrected chi connectivity index (χ0v) is 9.49. The molecule has 1 aromatic carbocycles. The van der Waals surface area contributed by atoms with Crippen LogP contribution in [0.15, 0.2) is 24.3 Å². The van der Waals surface area contributed by atoms with Gasteiger partial charge in [-0.25, -0.2) is 0 Å². The van der Waals surface area contributed by atoms with Gasteiger partial charge in [-0.3, -0.25) is 0 Å². The normalized spacial score (nSPS) is 25.7. The minimum atomic E-state index is 0.478. The van der Waals surface area contributed by atoms with Gasteiger partial charge in [-0.1, -0.05) is 24.3 Å². The van der Waals surface area contributed by atoms with Gasteiger partial charge in [0.15, 0.2) is 0 Å². The number of nitrogens with one attached hydrogen (secondary N) is 1. The molecule has 1 aromatic rings. The molecule has 1 fully saturated rings. The first-order valence-corrected chi connectivity index (χ1v) is 5.61. The maximum atomic E-state index is 5.28. The summed E-state index contributed by atoms with van der Waals surface area (Å²) >= 11 is 0. The van der Waals surface area contributed by atoms with Crippen LogP contribution in [0.25, 0.3) is 0 Å². The van der Waals surface area contributed by atoms with Crippen molar-refractivity contribution in [1.82, 2.24) is 5.32 Å². The SMILES string of the molecule is COCC1CCNC1c1ccccc1C. The summed E-state index contributed by atoms with van der Waals surface area (Å²) in [6.45, 7) is 4.14. The fourth-order valence-electron chi connectivity index (χ4n) is 2.45. The maximum Gasteiger partial charge on any atom is 0.0509 e. The van der Waals surface area contributed by atoms with E-state index in [0.717, 1.165) is 13.2 Å². The molecule has 2 heteroatoms. The molecule has 0 amide bonds. The van der Waals surface area contributed by atoms with E-state index in [9.17, 15) is 0 Å². The van der Waals surface area contributed by atoms with Gasteiger partial charge < -0.3 is 10.1 Å². The molecule has 0 bridgehead atoms. The molecule has 1 aliphatic rings. The van der Waals surface area contributed by atoms with Crippen LogP contribution >= 0.6 is 0 Å². The molecular weight excluding hydrogens is 186 g/mol. The van der Waals surface area contributed by atoms with Gasteiger partial charge in [-0.2, -0.15) is 0 Å². The van der Waals surface area contributed by atoms with Crippen molar-refractivity contribution in [3.8, 4) is 0 Å². The Labute approximate surface area is 91.6 Å². The van der Waals surface area contributed by atoms with Crippen molar-refractivity contribution in [2.75, 3.05) is 20.3 Å². The molecule has 1 N–H and O–H groups in total. The van der Waals surface area contributed by atoms with E-state index < -0.39 is 0 Å². The Hall–Kier alpha value is -0.860. The van der Waals surface area contributed by atoms with Gasteiger partial charge in [-0.15, -0.1) is 0 Å². The predicted octanol–water partition coefficient (Wildman–Crippen LogP) is 2.29. The van der Waals surface area contributed by atoms with Crippen LogP contribution in [0.3, 0.4) is 0 Å². The second-order valence-electron chi connectivity index (χ2n) is 4.29. The molecule has 82 valence electrons. The highest BCUT2D eigenvalue weighted by molar-refractivity contribution is 5.30. The van der Waals surface area contributed by atoms with Crippen LogP contribution in [0.5, 0.6) is 0 Å². The van der Waals surface area contributed by atoms with Crippen LogP contribution in [0.2, 0.25) is 0 Å². The van der Waals surface area contributed by atoms with Crippen LogP contribution in [-0.2, 0) is 4.74 Å². The first-order chi connectivity index (χ1) is 7.33. The Balaban J connectivity index is 2.19. The first-order valence-electron chi connectivity index (χ1n) is 5.61. The van der Waals surface area contributed by atoms with Crippen molar-refractivity contribution >= 4 is 0 Å². The van der Waals surface area contributed by atoms with Gasteiger partial charge in [0.05, 0.1) is 6.61 Å². The molecule has 0 aliphatic carbocycles. The Bertz CT molecular complexity index is 324. The second-order valence-corrected chi connectivity index (χ2v) is 4.29. The molecule has 2 rings (SSSR count). The number of ether oxygens (including phenoxy) is 1. The van der Waals surface area contributed by atoms with Gasteiger partial charge in [0, 0.05) is 19.1 Å². The summed E-state index contributed by atoms with van der Waals surface area (Å²) in [5.41, 5.74) is 2.80. The minimum absolute atomic E-state index is 0.478. The monoisotopic (exact) mass is 205 g/mol. The molecule has 1 heterocycles. The molecule has 2 nitrogen and oxygen atoms in total. The molecule has 1 saturated heterocycles. The van der Waals surface area contributed by atoms with Crippen LogP contribution in [-0.4, -0.2) is 20.3 Å². The second kappa shape index (κ2) is 4.77. The lowest BCUT2D eigenvalue weighted by molar-refractivity contribution is 0.145. The van der Waals surface area contributed by atoms with Gasteiger partial charge in [0.25, 0.3) is 0 Å². The highest BCUT2D eigenvalue weighted by Crippen LogP contribution is 2.31. The molecule has 0 spiro atoms. The molecule has 0 radical (unpaired) electrons. The Morgan fingerprint density at radius 2 is 2.20 bits per heavy atom. The number of methoxy groups -OCH3 is 1. The van der Waals surface area contributed by atoms with Crippen molar-refractivity contribution in [1.29, 1.82) is 0 Å². The Morgan fingerprint density at radius 1 is 1.40 bits per heavy atom. The summed E-state index contributed by atoms with van der Waals surface area (Å²) in [5, 5.41) is 3.57. The standard InChI is InChI=1S/C13H19NO/c1-10-5-3-4-6-12(10)13-11(9-15-2)7-8-14-13/h3-6,11,13-14H,7-9H2,1-2H3. The minimum Gasteiger partial charge on any atom is -0.384 e. The number of hydrogen-bond donors (Lipinski definition) is 1. The van der Waals surface area contributed by atoms with E-state index in [4.69, 9.17) is 4.74 Å². The lowest BCUT2D eigenvalue weighted by atomic mass is 9.92. The smallest absolute Gasteiger partial charge is 0.0509 e.